The van der Waals surface area contributed by atoms with Gasteiger partial charge in [-0.05, 0) is 25.0 Å². The molecule has 1 N–H and O–H groups in total. The van der Waals surface area contributed by atoms with Gasteiger partial charge < -0.3 is 5.11 Å². The first kappa shape index (κ1) is 10.1. The van der Waals surface area contributed by atoms with E-state index in [0.29, 0.717) is 10.7 Å². The third kappa shape index (κ3) is 2.01. The van der Waals surface area contributed by atoms with Gasteiger partial charge in [-0.15, -0.1) is 0 Å². The van der Waals surface area contributed by atoms with Gasteiger partial charge in [0.05, 0.1) is 5.69 Å². The van der Waals surface area contributed by atoms with Crippen molar-refractivity contribution < 1.29 is 5.11 Å². The van der Waals surface area contributed by atoms with Crippen LogP contribution in [-0.2, 0) is 6.42 Å². The van der Waals surface area contributed by atoms with Crippen molar-refractivity contribution >= 4 is 17.4 Å². The lowest BCUT2D eigenvalue weighted by atomic mass is 10.1. The van der Waals surface area contributed by atoms with Crippen LogP contribution >= 0.6 is 11.6 Å². The zero-order valence-corrected chi connectivity index (χ0v) is 8.52. The number of pyridine rings is 1. The molecular weight excluding hydrogens is 186 g/mol. The molecule has 0 aliphatic carbocycles. The molecule has 0 amide bonds. The van der Waals surface area contributed by atoms with E-state index in [-0.39, 0.29) is 5.76 Å². The molecule has 0 aliphatic rings. The number of aliphatic hydroxyl groups excluding tert-OH is 1. The number of aryl methyl sites for hydroxylation is 2. The molecule has 0 unspecified atom stereocenters. The fraction of sp³-hybridized carbons (Fsp3) is 0.300. The van der Waals surface area contributed by atoms with E-state index in [1.165, 1.54) is 0 Å². The average Bonchev–Trinajstić information content (AvgIpc) is 2.01. The molecule has 0 spiro atoms. The molecule has 70 valence electrons. The van der Waals surface area contributed by atoms with Gasteiger partial charge in [0.2, 0.25) is 0 Å². The van der Waals surface area contributed by atoms with E-state index in [0.717, 1.165) is 17.7 Å². The molecule has 0 aliphatic heterocycles. The van der Waals surface area contributed by atoms with Gasteiger partial charge in [-0.2, -0.15) is 0 Å². The van der Waals surface area contributed by atoms with E-state index < -0.39 is 0 Å². The highest BCUT2D eigenvalue weighted by atomic mass is 35.5. The van der Waals surface area contributed by atoms with Crippen molar-refractivity contribution in [1.82, 2.24) is 4.98 Å². The van der Waals surface area contributed by atoms with E-state index in [1.54, 1.807) is 6.07 Å². The van der Waals surface area contributed by atoms with Gasteiger partial charge >= 0.3 is 0 Å². The van der Waals surface area contributed by atoms with E-state index in [4.69, 9.17) is 11.6 Å². The Labute approximate surface area is 82.9 Å². The molecule has 0 saturated heterocycles. The molecule has 1 heterocycles. The summed E-state index contributed by atoms with van der Waals surface area (Å²) in [5.41, 5.74) is 2.41. The summed E-state index contributed by atoms with van der Waals surface area (Å²) in [6, 6.07) is 1.72. The summed E-state index contributed by atoms with van der Waals surface area (Å²) in [5, 5.41) is 9.79. The number of hydrogen-bond donors (Lipinski definition) is 1. The van der Waals surface area contributed by atoms with Crippen molar-refractivity contribution in [3.63, 3.8) is 0 Å². The van der Waals surface area contributed by atoms with Crippen molar-refractivity contribution in [2.24, 2.45) is 0 Å². The van der Waals surface area contributed by atoms with Gasteiger partial charge in [0.1, 0.15) is 10.9 Å². The van der Waals surface area contributed by atoms with Crippen LogP contribution in [0.2, 0.25) is 5.15 Å². The zero-order valence-electron chi connectivity index (χ0n) is 7.76. The third-order valence-electron chi connectivity index (χ3n) is 1.88. The topological polar surface area (TPSA) is 33.1 Å². The Morgan fingerprint density at radius 1 is 1.69 bits per heavy atom. The van der Waals surface area contributed by atoms with Crippen LogP contribution in [-0.4, -0.2) is 10.1 Å². The molecule has 0 aromatic carbocycles. The second-order valence-corrected chi connectivity index (χ2v) is 3.27. The van der Waals surface area contributed by atoms with E-state index in [9.17, 15) is 5.11 Å². The number of aromatic nitrogens is 1. The minimum absolute atomic E-state index is 0.0542. The molecule has 0 atom stereocenters. The molecule has 1 rings (SSSR count). The van der Waals surface area contributed by atoms with Crippen LogP contribution in [0.3, 0.4) is 0 Å². The molecule has 0 radical (unpaired) electrons. The molecule has 13 heavy (non-hydrogen) atoms. The van der Waals surface area contributed by atoms with E-state index in [2.05, 4.69) is 11.6 Å². The quantitative estimate of drug-likeness (QED) is 0.584. The maximum atomic E-state index is 9.33. The maximum absolute atomic E-state index is 9.33. The minimum atomic E-state index is 0.0542. The van der Waals surface area contributed by atoms with Crippen LogP contribution < -0.4 is 0 Å². The highest BCUT2D eigenvalue weighted by Crippen LogP contribution is 2.22. The average molecular weight is 198 g/mol. The smallest absolute Gasteiger partial charge is 0.129 e. The predicted octanol–water partition coefficient (Wildman–Crippen LogP) is 3.13. The molecule has 2 nitrogen and oxygen atoms in total. The molecule has 0 fully saturated rings. The van der Waals surface area contributed by atoms with Gasteiger partial charge in [-0.3, -0.25) is 0 Å². The summed E-state index contributed by atoms with van der Waals surface area (Å²) < 4.78 is 0. The van der Waals surface area contributed by atoms with Crippen LogP contribution in [0, 0.1) is 6.92 Å². The van der Waals surface area contributed by atoms with Crippen molar-refractivity contribution in [2.75, 3.05) is 0 Å². The van der Waals surface area contributed by atoms with E-state index in [1.807, 2.05) is 13.8 Å². The fourth-order valence-electron chi connectivity index (χ4n) is 1.35. The number of hydrogen-bond acceptors (Lipinski definition) is 2. The molecule has 0 bridgehead atoms. The van der Waals surface area contributed by atoms with Gasteiger partial charge in [0, 0.05) is 5.56 Å². The first-order valence-electron chi connectivity index (χ1n) is 4.10. The Balaban J connectivity index is 3.38. The Hall–Kier alpha value is -1.02. The normalized spacial score (nSPS) is 10.1. The van der Waals surface area contributed by atoms with Gasteiger partial charge in [0.25, 0.3) is 0 Å². The summed E-state index contributed by atoms with van der Waals surface area (Å²) in [7, 11) is 0. The van der Waals surface area contributed by atoms with Crippen molar-refractivity contribution in [3.8, 4) is 0 Å². The second-order valence-electron chi connectivity index (χ2n) is 2.88. The lowest BCUT2D eigenvalue weighted by Gasteiger charge is -2.09. The number of nitrogens with zero attached hydrogens (tertiary/aromatic N) is 1. The summed E-state index contributed by atoms with van der Waals surface area (Å²) in [6.45, 7) is 7.34. The Morgan fingerprint density at radius 3 is 2.77 bits per heavy atom. The number of aliphatic hydroxyl groups is 1. The highest BCUT2D eigenvalue weighted by Gasteiger charge is 2.09. The van der Waals surface area contributed by atoms with Gasteiger partial charge in [-0.1, -0.05) is 25.1 Å². The van der Waals surface area contributed by atoms with E-state index >= 15 is 0 Å². The van der Waals surface area contributed by atoms with Crippen LogP contribution in [0.4, 0.5) is 0 Å². The van der Waals surface area contributed by atoms with Gasteiger partial charge in [0.15, 0.2) is 0 Å². The predicted molar refractivity (Wildman–Crippen MR) is 55.0 cm³/mol. The molecular formula is C10H12ClNO. The summed E-state index contributed by atoms with van der Waals surface area (Å²) in [5.74, 6) is 0.0542. The summed E-state index contributed by atoms with van der Waals surface area (Å²) >= 11 is 5.78. The monoisotopic (exact) mass is 197 g/mol. The lowest BCUT2D eigenvalue weighted by Crippen LogP contribution is -1.99. The Bertz CT molecular complexity index is 347. The maximum Gasteiger partial charge on any atom is 0.129 e. The zero-order chi connectivity index (χ0) is 10.0. The summed E-state index contributed by atoms with van der Waals surface area (Å²) in [4.78, 5) is 4.12. The largest absolute Gasteiger partial charge is 0.508 e. The molecule has 3 heteroatoms. The number of halogens is 1. The standard InChI is InChI=1S/C10H12ClNO/c1-4-8-10(7(3)13)6(2)5-9(11)12-8/h5,13H,3-4H2,1-2H3. The minimum Gasteiger partial charge on any atom is -0.508 e. The van der Waals surface area contributed by atoms with Crippen LogP contribution in [0.1, 0.15) is 23.7 Å². The molecule has 0 saturated carbocycles. The van der Waals surface area contributed by atoms with Crippen LogP contribution in [0.25, 0.3) is 5.76 Å². The van der Waals surface area contributed by atoms with Crippen LogP contribution in [0.15, 0.2) is 12.6 Å². The lowest BCUT2D eigenvalue weighted by molar-refractivity contribution is 0.511. The Kier molecular flexibility index (Phi) is 2.94. The highest BCUT2D eigenvalue weighted by molar-refractivity contribution is 6.29. The van der Waals surface area contributed by atoms with Crippen molar-refractivity contribution in [1.29, 1.82) is 0 Å². The van der Waals surface area contributed by atoms with Crippen LogP contribution in [0.5, 0.6) is 0 Å². The summed E-state index contributed by atoms with van der Waals surface area (Å²) in [6.07, 6.45) is 0.732. The molecule has 1 aromatic rings. The third-order valence-corrected chi connectivity index (χ3v) is 2.08. The Morgan fingerprint density at radius 2 is 2.31 bits per heavy atom. The first-order chi connectivity index (χ1) is 6.06. The number of rotatable bonds is 2. The fourth-order valence-corrected chi connectivity index (χ4v) is 1.61. The first-order valence-corrected chi connectivity index (χ1v) is 4.48. The van der Waals surface area contributed by atoms with Crippen molar-refractivity contribution in [2.45, 2.75) is 20.3 Å². The van der Waals surface area contributed by atoms with Crippen molar-refractivity contribution in [3.05, 3.63) is 34.6 Å². The SMILES string of the molecule is C=C(O)c1c(C)cc(Cl)nc1CC. The van der Waals surface area contributed by atoms with Gasteiger partial charge in [-0.25, -0.2) is 4.98 Å². The molecule has 1 aromatic heterocycles. The second kappa shape index (κ2) is 3.79.